The van der Waals surface area contributed by atoms with Crippen LogP contribution in [0.4, 0.5) is 5.69 Å². The first-order chi connectivity index (χ1) is 9.88. The third-order valence-electron chi connectivity index (χ3n) is 2.98. The van der Waals surface area contributed by atoms with E-state index in [1.807, 2.05) is 26.0 Å². The second-order valence-corrected chi connectivity index (χ2v) is 5.07. The van der Waals surface area contributed by atoms with E-state index >= 15 is 0 Å². The molecule has 1 unspecified atom stereocenters. The number of hydrogen-bond acceptors (Lipinski definition) is 3. The summed E-state index contributed by atoms with van der Waals surface area (Å²) in [6, 6.07) is 7.11. The number of aliphatic carboxylic acids is 1. The van der Waals surface area contributed by atoms with Crippen LogP contribution < -0.4 is 10.6 Å². The van der Waals surface area contributed by atoms with Gasteiger partial charge in [0.05, 0.1) is 0 Å². The van der Waals surface area contributed by atoms with E-state index < -0.39 is 17.8 Å². The standard InChI is InChI=1S/C15H20N2O4/c1-10-3-6-12(7-4-10)17-15(21)14(20)16-9-11(2)5-8-13(18)19/h3-4,6-7,11H,5,8-9H2,1-2H3,(H,16,20)(H,17,21)(H,18,19). The summed E-state index contributed by atoms with van der Waals surface area (Å²) in [5.41, 5.74) is 1.62. The summed E-state index contributed by atoms with van der Waals surface area (Å²) in [7, 11) is 0. The van der Waals surface area contributed by atoms with Crippen molar-refractivity contribution >= 4 is 23.5 Å². The Hall–Kier alpha value is -2.37. The van der Waals surface area contributed by atoms with Gasteiger partial charge in [-0.1, -0.05) is 24.6 Å². The Bertz CT molecular complexity index is 511. The molecular weight excluding hydrogens is 272 g/mol. The number of benzene rings is 1. The third-order valence-corrected chi connectivity index (χ3v) is 2.98. The maximum atomic E-state index is 11.7. The number of hydrogen-bond donors (Lipinski definition) is 3. The van der Waals surface area contributed by atoms with Gasteiger partial charge < -0.3 is 15.7 Å². The van der Waals surface area contributed by atoms with Crippen molar-refractivity contribution in [2.24, 2.45) is 5.92 Å². The van der Waals surface area contributed by atoms with Gasteiger partial charge >= 0.3 is 17.8 Å². The molecule has 0 saturated carbocycles. The number of carboxylic acids is 1. The highest BCUT2D eigenvalue weighted by molar-refractivity contribution is 6.39. The quantitative estimate of drug-likeness (QED) is 0.693. The van der Waals surface area contributed by atoms with Crippen LogP contribution in [0.1, 0.15) is 25.3 Å². The predicted molar refractivity (Wildman–Crippen MR) is 78.9 cm³/mol. The van der Waals surface area contributed by atoms with Crippen LogP contribution in [-0.4, -0.2) is 29.4 Å². The van der Waals surface area contributed by atoms with Crippen molar-refractivity contribution in [2.45, 2.75) is 26.7 Å². The van der Waals surface area contributed by atoms with E-state index in [1.165, 1.54) is 0 Å². The fourth-order valence-corrected chi connectivity index (χ4v) is 1.64. The molecule has 0 fully saturated rings. The lowest BCUT2D eigenvalue weighted by Crippen LogP contribution is -2.37. The Morgan fingerprint density at radius 1 is 1.14 bits per heavy atom. The van der Waals surface area contributed by atoms with E-state index in [4.69, 9.17) is 5.11 Å². The number of amides is 2. The van der Waals surface area contributed by atoms with Gasteiger partial charge in [0.15, 0.2) is 0 Å². The minimum Gasteiger partial charge on any atom is -0.481 e. The zero-order valence-electron chi connectivity index (χ0n) is 12.2. The maximum absolute atomic E-state index is 11.7. The zero-order valence-corrected chi connectivity index (χ0v) is 12.2. The van der Waals surface area contributed by atoms with E-state index in [-0.39, 0.29) is 18.9 Å². The van der Waals surface area contributed by atoms with Gasteiger partial charge in [0.1, 0.15) is 0 Å². The van der Waals surface area contributed by atoms with Crippen molar-refractivity contribution in [1.29, 1.82) is 0 Å². The first-order valence-corrected chi connectivity index (χ1v) is 6.76. The Morgan fingerprint density at radius 2 is 1.76 bits per heavy atom. The van der Waals surface area contributed by atoms with E-state index in [9.17, 15) is 14.4 Å². The van der Waals surface area contributed by atoms with Gasteiger partial charge in [0, 0.05) is 18.7 Å². The van der Waals surface area contributed by atoms with Gasteiger partial charge in [-0.2, -0.15) is 0 Å². The second-order valence-electron chi connectivity index (χ2n) is 5.07. The van der Waals surface area contributed by atoms with Crippen LogP contribution in [0.15, 0.2) is 24.3 Å². The van der Waals surface area contributed by atoms with E-state index in [2.05, 4.69) is 10.6 Å². The average Bonchev–Trinajstić information content (AvgIpc) is 2.44. The van der Waals surface area contributed by atoms with Gasteiger partial charge in [0.2, 0.25) is 0 Å². The van der Waals surface area contributed by atoms with Crippen molar-refractivity contribution in [3.8, 4) is 0 Å². The number of carboxylic acid groups (broad SMARTS) is 1. The molecule has 0 aliphatic carbocycles. The van der Waals surface area contributed by atoms with Gasteiger partial charge in [-0.3, -0.25) is 14.4 Å². The molecule has 1 aromatic carbocycles. The molecule has 21 heavy (non-hydrogen) atoms. The number of aryl methyl sites for hydroxylation is 1. The van der Waals surface area contributed by atoms with E-state index in [0.717, 1.165) is 5.56 Å². The molecule has 1 atom stereocenters. The number of carbonyl (C=O) groups excluding carboxylic acids is 2. The van der Waals surface area contributed by atoms with Crippen molar-refractivity contribution < 1.29 is 19.5 Å². The molecule has 114 valence electrons. The Labute approximate surface area is 123 Å². The Morgan fingerprint density at radius 3 is 2.33 bits per heavy atom. The van der Waals surface area contributed by atoms with E-state index in [1.54, 1.807) is 12.1 Å². The minimum atomic E-state index is -0.870. The van der Waals surface area contributed by atoms with Crippen molar-refractivity contribution in [3.63, 3.8) is 0 Å². The molecule has 2 amide bonds. The van der Waals surface area contributed by atoms with Crippen LogP contribution in [0, 0.1) is 12.8 Å². The highest BCUT2D eigenvalue weighted by Gasteiger charge is 2.14. The van der Waals surface area contributed by atoms with Crippen molar-refractivity contribution in [1.82, 2.24) is 5.32 Å². The molecule has 0 aliphatic heterocycles. The first kappa shape index (κ1) is 16.7. The molecule has 0 radical (unpaired) electrons. The Kier molecular flexibility index (Phi) is 6.39. The molecule has 0 saturated heterocycles. The number of nitrogens with one attached hydrogen (secondary N) is 2. The van der Waals surface area contributed by atoms with Gasteiger partial charge in [0.25, 0.3) is 0 Å². The van der Waals surface area contributed by atoms with Crippen molar-refractivity contribution in [2.75, 3.05) is 11.9 Å². The van der Waals surface area contributed by atoms with Crippen LogP contribution in [0.3, 0.4) is 0 Å². The molecule has 6 heteroatoms. The monoisotopic (exact) mass is 292 g/mol. The molecule has 0 bridgehead atoms. The van der Waals surface area contributed by atoms with Gasteiger partial charge in [-0.25, -0.2) is 0 Å². The maximum Gasteiger partial charge on any atom is 0.313 e. The Balaban J connectivity index is 2.35. The summed E-state index contributed by atoms with van der Waals surface area (Å²) in [5, 5.41) is 13.6. The summed E-state index contributed by atoms with van der Waals surface area (Å²) >= 11 is 0. The summed E-state index contributed by atoms with van der Waals surface area (Å²) in [6.45, 7) is 4.02. The average molecular weight is 292 g/mol. The van der Waals surface area contributed by atoms with Crippen molar-refractivity contribution in [3.05, 3.63) is 29.8 Å². The second kappa shape index (κ2) is 8.04. The van der Waals surface area contributed by atoms with Crippen LogP contribution in [0.5, 0.6) is 0 Å². The third kappa shape index (κ3) is 6.56. The van der Waals surface area contributed by atoms with Crippen LogP contribution in [0.25, 0.3) is 0 Å². The predicted octanol–water partition coefficient (Wildman–Crippen LogP) is 1.55. The fourth-order valence-electron chi connectivity index (χ4n) is 1.64. The lowest BCUT2D eigenvalue weighted by Gasteiger charge is -2.11. The zero-order chi connectivity index (χ0) is 15.8. The molecule has 0 aromatic heterocycles. The summed E-state index contributed by atoms with van der Waals surface area (Å²) in [5.74, 6) is -2.33. The van der Waals surface area contributed by atoms with Crippen LogP contribution in [0.2, 0.25) is 0 Å². The van der Waals surface area contributed by atoms with E-state index in [0.29, 0.717) is 12.1 Å². The van der Waals surface area contributed by atoms with Crippen LogP contribution in [-0.2, 0) is 14.4 Å². The molecule has 1 rings (SSSR count). The molecule has 0 spiro atoms. The molecular formula is C15H20N2O4. The molecule has 0 heterocycles. The fraction of sp³-hybridized carbons (Fsp3) is 0.400. The summed E-state index contributed by atoms with van der Waals surface area (Å²) in [6.07, 6.45) is 0.502. The normalized spacial score (nSPS) is 11.5. The number of carbonyl (C=O) groups is 3. The molecule has 3 N–H and O–H groups in total. The molecule has 6 nitrogen and oxygen atoms in total. The lowest BCUT2D eigenvalue weighted by atomic mass is 10.1. The molecule has 1 aromatic rings. The first-order valence-electron chi connectivity index (χ1n) is 6.76. The smallest absolute Gasteiger partial charge is 0.313 e. The largest absolute Gasteiger partial charge is 0.481 e. The van der Waals surface area contributed by atoms with Gasteiger partial charge in [-0.15, -0.1) is 0 Å². The summed E-state index contributed by atoms with van der Waals surface area (Å²) in [4.78, 5) is 33.7. The lowest BCUT2D eigenvalue weighted by molar-refractivity contribution is -0.137. The SMILES string of the molecule is Cc1ccc(NC(=O)C(=O)NCC(C)CCC(=O)O)cc1. The van der Waals surface area contributed by atoms with Gasteiger partial charge in [-0.05, 0) is 31.4 Å². The highest BCUT2D eigenvalue weighted by Crippen LogP contribution is 2.08. The summed E-state index contributed by atoms with van der Waals surface area (Å²) < 4.78 is 0. The molecule has 0 aliphatic rings. The van der Waals surface area contributed by atoms with Crippen LogP contribution >= 0.6 is 0 Å². The highest BCUT2D eigenvalue weighted by atomic mass is 16.4. The number of anilines is 1. The number of rotatable bonds is 6. The topological polar surface area (TPSA) is 95.5 Å². The minimum absolute atomic E-state index is 0.00257.